The Morgan fingerprint density at radius 1 is 1.03 bits per heavy atom. The minimum Gasteiger partial charge on any atom is -0.494 e. The molecule has 0 radical (unpaired) electrons. The summed E-state index contributed by atoms with van der Waals surface area (Å²) in [7, 11) is 0. The van der Waals surface area contributed by atoms with Crippen LogP contribution in [0, 0.1) is 13.8 Å². The van der Waals surface area contributed by atoms with Crippen LogP contribution in [0.1, 0.15) is 64.1 Å². The highest BCUT2D eigenvalue weighted by Gasteiger charge is 2.23. The molecule has 4 N–H and O–H groups in total. The number of anilines is 1. The molecule has 2 aromatic carbocycles. The summed E-state index contributed by atoms with van der Waals surface area (Å²) in [6.07, 6.45) is 1.52. The van der Waals surface area contributed by atoms with E-state index in [-0.39, 0.29) is 23.1 Å². The second-order valence-corrected chi connectivity index (χ2v) is 10.4. The summed E-state index contributed by atoms with van der Waals surface area (Å²) in [6.45, 7) is 9.67. The standard InChI is InChI=1S/C29H29N7O3/c1-16-13-25(34-33-16)30-15-22-21-14-19(8-11-23(21)32-27(22)38)26(37)18-6-9-20(10-7-18)31-28(39)24-12-17(2)35-36(24)29(3,4)5/h6-15,32,38H,1-5H3,(H,31,39)(H,33,34). The lowest BCUT2D eigenvalue weighted by Gasteiger charge is -2.22. The monoisotopic (exact) mass is 523 g/mol. The maximum Gasteiger partial charge on any atom is 0.273 e. The molecule has 0 unspecified atom stereocenters. The van der Waals surface area contributed by atoms with Crippen molar-refractivity contribution in [3.63, 3.8) is 0 Å². The van der Waals surface area contributed by atoms with E-state index < -0.39 is 0 Å². The van der Waals surface area contributed by atoms with E-state index in [2.05, 4.69) is 30.6 Å². The number of aromatic hydroxyl groups is 1. The zero-order valence-electron chi connectivity index (χ0n) is 22.3. The summed E-state index contributed by atoms with van der Waals surface area (Å²) < 4.78 is 1.71. The number of hydrogen-bond acceptors (Lipinski definition) is 6. The van der Waals surface area contributed by atoms with Crippen LogP contribution in [0.4, 0.5) is 11.5 Å². The topological polar surface area (TPSA) is 141 Å². The number of ketones is 1. The number of aryl methyl sites for hydroxylation is 2. The van der Waals surface area contributed by atoms with E-state index in [1.54, 1.807) is 59.3 Å². The number of fused-ring (bicyclic) bond motifs is 1. The minimum absolute atomic E-state index is 0.0475. The van der Waals surface area contributed by atoms with E-state index in [0.717, 1.165) is 11.4 Å². The van der Waals surface area contributed by atoms with Gasteiger partial charge in [-0.1, -0.05) is 0 Å². The van der Waals surface area contributed by atoms with Crippen molar-refractivity contribution in [3.8, 4) is 5.88 Å². The lowest BCUT2D eigenvalue weighted by Crippen LogP contribution is -2.29. The zero-order chi connectivity index (χ0) is 27.9. The summed E-state index contributed by atoms with van der Waals surface area (Å²) in [4.78, 5) is 33.5. The lowest BCUT2D eigenvalue weighted by molar-refractivity contribution is 0.100. The zero-order valence-corrected chi connectivity index (χ0v) is 22.3. The average Bonchev–Trinajstić information content (AvgIpc) is 3.58. The highest BCUT2D eigenvalue weighted by Crippen LogP contribution is 2.28. The summed E-state index contributed by atoms with van der Waals surface area (Å²) in [5, 5.41) is 25.3. The van der Waals surface area contributed by atoms with Gasteiger partial charge in [-0.05, 0) is 83.1 Å². The van der Waals surface area contributed by atoms with Crippen LogP contribution < -0.4 is 5.32 Å². The van der Waals surface area contributed by atoms with Gasteiger partial charge in [0.2, 0.25) is 0 Å². The predicted molar refractivity (Wildman–Crippen MR) is 150 cm³/mol. The van der Waals surface area contributed by atoms with Gasteiger partial charge in [-0.3, -0.25) is 19.4 Å². The molecule has 10 nitrogen and oxygen atoms in total. The maximum absolute atomic E-state index is 13.3. The summed E-state index contributed by atoms with van der Waals surface area (Å²) in [5.41, 5.74) is 4.36. The fourth-order valence-corrected chi connectivity index (χ4v) is 4.31. The highest BCUT2D eigenvalue weighted by atomic mass is 16.3. The molecule has 0 aliphatic carbocycles. The van der Waals surface area contributed by atoms with Crippen LogP contribution in [0.5, 0.6) is 5.88 Å². The Morgan fingerprint density at radius 2 is 1.74 bits per heavy atom. The number of H-pyrrole nitrogens is 2. The number of amides is 1. The number of nitrogens with one attached hydrogen (secondary N) is 3. The van der Waals surface area contributed by atoms with Crippen LogP contribution in [0.25, 0.3) is 10.9 Å². The van der Waals surface area contributed by atoms with E-state index in [9.17, 15) is 14.7 Å². The molecule has 0 bridgehead atoms. The average molecular weight is 524 g/mol. The Balaban J connectivity index is 1.36. The smallest absolute Gasteiger partial charge is 0.273 e. The van der Waals surface area contributed by atoms with Crippen LogP contribution in [0.15, 0.2) is 59.6 Å². The van der Waals surface area contributed by atoms with Crippen molar-refractivity contribution in [2.24, 2.45) is 4.99 Å². The fourth-order valence-electron chi connectivity index (χ4n) is 4.31. The van der Waals surface area contributed by atoms with Gasteiger partial charge in [-0.25, -0.2) is 4.99 Å². The largest absolute Gasteiger partial charge is 0.494 e. The van der Waals surface area contributed by atoms with E-state index in [0.29, 0.717) is 44.8 Å². The van der Waals surface area contributed by atoms with Crippen LogP contribution in [-0.2, 0) is 5.54 Å². The van der Waals surface area contributed by atoms with Crippen molar-refractivity contribution in [1.29, 1.82) is 0 Å². The number of aromatic amines is 2. The summed E-state index contributed by atoms with van der Waals surface area (Å²) in [5.74, 6) is -0.0309. The van der Waals surface area contributed by atoms with Crippen molar-refractivity contribution in [1.82, 2.24) is 25.0 Å². The fraction of sp³-hybridized carbons (Fsp3) is 0.207. The summed E-state index contributed by atoms with van der Waals surface area (Å²) in [6, 6.07) is 15.4. The normalized spacial score (nSPS) is 11.9. The molecule has 39 heavy (non-hydrogen) atoms. The number of aliphatic imine (C=N–C) groups is 1. The molecule has 0 fully saturated rings. The molecule has 10 heteroatoms. The van der Waals surface area contributed by atoms with Gasteiger partial charge in [-0.2, -0.15) is 10.2 Å². The van der Waals surface area contributed by atoms with Crippen molar-refractivity contribution in [2.45, 2.75) is 40.2 Å². The molecular weight excluding hydrogens is 494 g/mol. The number of nitrogens with zero attached hydrogens (tertiary/aromatic N) is 4. The van der Waals surface area contributed by atoms with Gasteiger partial charge in [0.1, 0.15) is 5.69 Å². The molecule has 198 valence electrons. The van der Waals surface area contributed by atoms with E-state index in [1.807, 2.05) is 34.6 Å². The molecular formula is C29H29N7O3. The Kier molecular flexibility index (Phi) is 6.39. The third-order valence-corrected chi connectivity index (χ3v) is 6.20. The van der Waals surface area contributed by atoms with Crippen LogP contribution in [0.3, 0.4) is 0 Å². The molecule has 3 heterocycles. The van der Waals surface area contributed by atoms with E-state index >= 15 is 0 Å². The number of hydrogen-bond donors (Lipinski definition) is 4. The van der Waals surface area contributed by atoms with Gasteiger partial charge < -0.3 is 15.4 Å². The van der Waals surface area contributed by atoms with Gasteiger partial charge >= 0.3 is 0 Å². The number of aromatic nitrogens is 5. The number of rotatable bonds is 6. The van der Waals surface area contributed by atoms with Gasteiger partial charge in [-0.15, -0.1) is 0 Å². The maximum atomic E-state index is 13.3. The van der Waals surface area contributed by atoms with Crippen molar-refractivity contribution in [3.05, 3.63) is 88.4 Å². The van der Waals surface area contributed by atoms with Crippen molar-refractivity contribution < 1.29 is 14.7 Å². The van der Waals surface area contributed by atoms with Crippen LogP contribution >= 0.6 is 0 Å². The molecule has 0 aliphatic rings. The SMILES string of the molecule is Cc1cc(C(=O)Nc2ccc(C(=O)c3ccc4[nH]c(O)c(C=Nc5cc(C)[nH]n5)c4c3)cc2)n(C(C)(C)C)n1. The molecule has 5 rings (SSSR count). The second-order valence-electron chi connectivity index (χ2n) is 10.4. The molecule has 0 saturated heterocycles. The molecule has 1 amide bonds. The Bertz CT molecular complexity index is 1730. The number of carbonyl (C=O) groups excluding carboxylic acids is 2. The first-order valence-corrected chi connectivity index (χ1v) is 12.4. The molecule has 0 saturated carbocycles. The van der Waals surface area contributed by atoms with Gasteiger partial charge in [0, 0.05) is 45.7 Å². The Morgan fingerprint density at radius 3 is 2.41 bits per heavy atom. The second kappa shape index (κ2) is 9.71. The lowest BCUT2D eigenvalue weighted by atomic mass is 10.0. The molecule has 0 spiro atoms. The molecule has 0 aliphatic heterocycles. The van der Waals surface area contributed by atoms with E-state index in [1.165, 1.54) is 6.21 Å². The molecule has 5 aromatic rings. The first kappa shape index (κ1) is 25.7. The van der Waals surface area contributed by atoms with Crippen molar-refractivity contribution in [2.75, 3.05) is 5.32 Å². The van der Waals surface area contributed by atoms with Gasteiger partial charge in [0.15, 0.2) is 17.5 Å². The third kappa shape index (κ3) is 5.22. The summed E-state index contributed by atoms with van der Waals surface area (Å²) >= 11 is 0. The van der Waals surface area contributed by atoms with Crippen LogP contribution in [0.2, 0.25) is 0 Å². The third-order valence-electron chi connectivity index (χ3n) is 6.20. The first-order chi connectivity index (χ1) is 18.5. The van der Waals surface area contributed by atoms with Gasteiger partial charge in [0.05, 0.1) is 16.8 Å². The van der Waals surface area contributed by atoms with Crippen LogP contribution in [-0.4, -0.2) is 48.0 Å². The predicted octanol–water partition coefficient (Wildman–Crippen LogP) is 5.40. The van der Waals surface area contributed by atoms with Crippen molar-refractivity contribution >= 4 is 40.3 Å². The first-order valence-electron chi connectivity index (χ1n) is 12.4. The number of benzene rings is 2. The van der Waals surface area contributed by atoms with E-state index in [4.69, 9.17) is 0 Å². The molecule has 3 aromatic heterocycles. The highest BCUT2D eigenvalue weighted by molar-refractivity contribution is 6.12. The minimum atomic E-state index is -0.349. The quantitative estimate of drug-likeness (QED) is 0.174. The Hall–Kier alpha value is -4.99. The molecule has 0 atom stereocenters. The Labute approximate surface area is 224 Å². The number of carbonyl (C=O) groups is 2. The van der Waals surface area contributed by atoms with Gasteiger partial charge in [0.25, 0.3) is 5.91 Å².